The highest BCUT2D eigenvalue weighted by Gasteiger charge is 2.34. The zero-order valence-electron chi connectivity index (χ0n) is 18.0. The van der Waals surface area contributed by atoms with E-state index in [1.165, 1.54) is 0 Å². The number of benzene rings is 2. The summed E-state index contributed by atoms with van der Waals surface area (Å²) in [5, 5.41) is 9.71. The molecular formula is C24H31NO5. The quantitative estimate of drug-likeness (QED) is 0.644. The van der Waals surface area contributed by atoms with E-state index >= 15 is 0 Å². The first kappa shape index (κ1) is 22.0. The number of hydrogen-bond acceptors (Lipinski definition) is 5. The number of hydrogen-bond donors (Lipinski definition) is 1. The lowest BCUT2D eigenvalue weighted by Gasteiger charge is -2.39. The van der Waals surface area contributed by atoms with Gasteiger partial charge in [-0.2, -0.15) is 0 Å². The van der Waals surface area contributed by atoms with Crippen LogP contribution >= 0.6 is 0 Å². The van der Waals surface area contributed by atoms with Gasteiger partial charge in [-0.15, -0.1) is 0 Å². The fraction of sp³-hybridized carbons (Fsp3) is 0.458. The van der Waals surface area contributed by atoms with Crippen molar-refractivity contribution in [1.82, 2.24) is 4.90 Å². The SMILES string of the molecule is CCC(c1cc(OC)c(OCc2ccccc2)c(OC)c1)N1CCCCC1C(=O)O. The molecule has 2 aromatic rings. The van der Waals surface area contributed by atoms with Gasteiger partial charge in [0.1, 0.15) is 12.6 Å². The Bertz CT molecular complexity index is 814. The summed E-state index contributed by atoms with van der Waals surface area (Å²) < 4.78 is 17.3. The van der Waals surface area contributed by atoms with Gasteiger partial charge in [0.05, 0.1) is 14.2 Å². The van der Waals surface area contributed by atoms with Crippen LogP contribution in [-0.4, -0.2) is 42.8 Å². The first-order valence-corrected chi connectivity index (χ1v) is 10.5. The van der Waals surface area contributed by atoms with Gasteiger partial charge in [-0.1, -0.05) is 43.7 Å². The average Bonchev–Trinajstić information content (AvgIpc) is 2.78. The molecular weight excluding hydrogens is 382 g/mol. The van der Waals surface area contributed by atoms with Gasteiger partial charge >= 0.3 is 5.97 Å². The van der Waals surface area contributed by atoms with Gasteiger partial charge in [0.15, 0.2) is 11.5 Å². The third-order valence-corrected chi connectivity index (χ3v) is 5.71. The highest BCUT2D eigenvalue weighted by molar-refractivity contribution is 5.73. The van der Waals surface area contributed by atoms with Crippen molar-refractivity contribution in [3.05, 3.63) is 53.6 Å². The summed E-state index contributed by atoms with van der Waals surface area (Å²) in [6, 6.07) is 13.3. The minimum atomic E-state index is -0.755. The number of carboxylic acid groups (broad SMARTS) is 1. The summed E-state index contributed by atoms with van der Waals surface area (Å²) in [6.07, 6.45) is 3.42. The van der Waals surface area contributed by atoms with E-state index in [-0.39, 0.29) is 6.04 Å². The molecule has 0 bridgehead atoms. The molecule has 1 heterocycles. The van der Waals surface area contributed by atoms with Crippen LogP contribution in [0.3, 0.4) is 0 Å². The Morgan fingerprint density at radius 2 is 1.80 bits per heavy atom. The Morgan fingerprint density at radius 3 is 2.37 bits per heavy atom. The molecule has 0 spiro atoms. The van der Waals surface area contributed by atoms with Crippen molar-refractivity contribution in [1.29, 1.82) is 0 Å². The van der Waals surface area contributed by atoms with Crippen LogP contribution in [0.1, 0.15) is 49.8 Å². The zero-order chi connectivity index (χ0) is 21.5. The lowest BCUT2D eigenvalue weighted by atomic mass is 9.94. The molecule has 0 aromatic heterocycles. The molecule has 6 nitrogen and oxygen atoms in total. The molecule has 0 aliphatic carbocycles. The summed E-state index contributed by atoms with van der Waals surface area (Å²) >= 11 is 0. The lowest BCUT2D eigenvalue weighted by molar-refractivity contribution is -0.146. The van der Waals surface area contributed by atoms with Crippen LogP contribution in [0.15, 0.2) is 42.5 Å². The Hall–Kier alpha value is -2.73. The fourth-order valence-corrected chi connectivity index (χ4v) is 4.22. The largest absolute Gasteiger partial charge is 0.493 e. The number of piperidine rings is 1. The zero-order valence-corrected chi connectivity index (χ0v) is 18.0. The van der Waals surface area contributed by atoms with Gasteiger partial charge in [0.25, 0.3) is 0 Å². The van der Waals surface area contributed by atoms with Crippen LogP contribution in [0, 0.1) is 0 Å². The van der Waals surface area contributed by atoms with Gasteiger partial charge in [0, 0.05) is 6.04 Å². The number of ether oxygens (including phenoxy) is 3. The molecule has 2 aromatic carbocycles. The minimum Gasteiger partial charge on any atom is -0.493 e. The van der Waals surface area contributed by atoms with Gasteiger partial charge in [0.2, 0.25) is 5.75 Å². The number of likely N-dealkylation sites (tertiary alicyclic amines) is 1. The molecule has 0 amide bonds. The van der Waals surface area contributed by atoms with Crippen molar-refractivity contribution in [3.63, 3.8) is 0 Å². The van der Waals surface area contributed by atoms with E-state index in [2.05, 4.69) is 11.8 Å². The molecule has 1 aliphatic heterocycles. The number of rotatable bonds is 9. The number of aliphatic carboxylic acids is 1. The highest BCUT2D eigenvalue weighted by Crippen LogP contribution is 2.43. The summed E-state index contributed by atoms with van der Waals surface area (Å²) in [5.41, 5.74) is 2.03. The van der Waals surface area contributed by atoms with Crippen molar-refractivity contribution >= 4 is 5.97 Å². The average molecular weight is 414 g/mol. The van der Waals surface area contributed by atoms with Crippen LogP contribution in [0.2, 0.25) is 0 Å². The molecule has 1 aliphatic rings. The van der Waals surface area contributed by atoms with Gasteiger partial charge in [-0.25, -0.2) is 0 Å². The van der Waals surface area contributed by atoms with Crippen LogP contribution < -0.4 is 14.2 Å². The summed E-state index contributed by atoms with van der Waals surface area (Å²) in [7, 11) is 3.21. The summed E-state index contributed by atoms with van der Waals surface area (Å²) in [4.78, 5) is 13.9. The van der Waals surface area contributed by atoms with E-state index in [4.69, 9.17) is 14.2 Å². The third-order valence-electron chi connectivity index (χ3n) is 5.71. The van der Waals surface area contributed by atoms with Crippen LogP contribution in [-0.2, 0) is 11.4 Å². The standard InChI is InChI=1S/C24H31NO5/c1-4-19(25-13-9-8-12-20(25)24(26)27)18-14-21(28-2)23(22(15-18)29-3)30-16-17-10-6-5-7-11-17/h5-7,10-11,14-15,19-20H,4,8-9,12-13,16H2,1-3H3,(H,26,27). The van der Waals surface area contributed by atoms with Crippen molar-refractivity contribution in [3.8, 4) is 17.2 Å². The van der Waals surface area contributed by atoms with Crippen molar-refractivity contribution in [2.75, 3.05) is 20.8 Å². The lowest BCUT2D eigenvalue weighted by Crippen LogP contribution is -2.46. The smallest absolute Gasteiger partial charge is 0.320 e. The Labute approximate surface area is 178 Å². The number of carbonyl (C=O) groups is 1. The molecule has 6 heteroatoms. The minimum absolute atomic E-state index is 0.0302. The molecule has 0 radical (unpaired) electrons. The normalized spacial score (nSPS) is 17.9. The molecule has 0 saturated carbocycles. The first-order chi connectivity index (χ1) is 14.6. The number of carboxylic acids is 1. The number of methoxy groups -OCH3 is 2. The van der Waals surface area contributed by atoms with Crippen LogP contribution in [0.4, 0.5) is 0 Å². The highest BCUT2D eigenvalue weighted by atomic mass is 16.5. The predicted octanol–water partition coefficient (Wildman–Crippen LogP) is 4.67. The monoisotopic (exact) mass is 413 g/mol. The van der Waals surface area contributed by atoms with E-state index in [0.29, 0.717) is 30.3 Å². The fourth-order valence-electron chi connectivity index (χ4n) is 4.22. The topological polar surface area (TPSA) is 68.2 Å². The van der Waals surface area contributed by atoms with E-state index < -0.39 is 12.0 Å². The van der Waals surface area contributed by atoms with Gasteiger partial charge in [-0.3, -0.25) is 9.69 Å². The second kappa shape index (κ2) is 10.3. The third kappa shape index (κ3) is 4.87. The second-order valence-corrected chi connectivity index (χ2v) is 7.54. The summed E-state index contributed by atoms with van der Waals surface area (Å²) in [5.74, 6) is 0.969. The van der Waals surface area contributed by atoms with Crippen LogP contribution in [0.25, 0.3) is 0 Å². The first-order valence-electron chi connectivity index (χ1n) is 10.5. The van der Waals surface area contributed by atoms with E-state index in [9.17, 15) is 9.90 Å². The Kier molecular flexibility index (Phi) is 7.57. The van der Waals surface area contributed by atoms with E-state index in [1.807, 2.05) is 42.5 Å². The van der Waals surface area contributed by atoms with Crippen LogP contribution in [0.5, 0.6) is 17.2 Å². The van der Waals surface area contributed by atoms with E-state index in [0.717, 1.165) is 36.9 Å². The molecule has 3 rings (SSSR count). The molecule has 1 fully saturated rings. The van der Waals surface area contributed by atoms with Gasteiger partial charge < -0.3 is 19.3 Å². The maximum Gasteiger partial charge on any atom is 0.320 e. The van der Waals surface area contributed by atoms with Crippen molar-refractivity contribution < 1.29 is 24.1 Å². The maximum atomic E-state index is 11.8. The van der Waals surface area contributed by atoms with Gasteiger partial charge in [-0.05, 0) is 49.1 Å². The molecule has 2 unspecified atom stereocenters. The molecule has 1 N–H and O–H groups in total. The molecule has 30 heavy (non-hydrogen) atoms. The van der Waals surface area contributed by atoms with Crippen molar-refractivity contribution in [2.24, 2.45) is 0 Å². The molecule has 162 valence electrons. The predicted molar refractivity (Wildman–Crippen MR) is 115 cm³/mol. The summed E-state index contributed by atoms with van der Waals surface area (Å²) in [6.45, 7) is 3.25. The molecule has 2 atom stereocenters. The molecule has 1 saturated heterocycles. The maximum absolute atomic E-state index is 11.8. The number of nitrogens with zero attached hydrogens (tertiary/aromatic N) is 1. The Morgan fingerprint density at radius 1 is 1.13 bits per heavy atom. The Balaban J connectivity index is 1.91. The van der Waals surface area contributed by atoms with E-state index in [1.54, 1.807) is 14.2 Å². The van der Waals surface area contributed by atoms with Crippen molar-refractivity contribution in [2.45, 2.75) is 51.3 Å². The second-order valence-electron chi connectivity index (χ2n) is 7.54.